The third kappa shape index (κ3) is 4.68. The maximum absolute atomic E-state index is 12.6. The fourth-order valence-electron chi connectivity index (χ4n) is 3.90. The molecule has 0 radical (unpaired) electrons. The number of urea groups is 1. The third-order valence-electron chi connectivity index (χ3n) is 5.96. The number of rotatable bonds is 3. The zero-order valence-corrected chi connectivity index (χ0v) is 18.6. The van der Waals surface area contributed by atoms with Crippen LogP contribution < -0.4 is 10.2 Å². The highest BCUT2D eigenvalue weighted by atomic mass is 16.2. The number of hydrogen-bond donors (Lipinski definition) is 1. The normalized spacial score (nSPS) is 13.9. The Kier molecular flexibility index (Phi) is 5.89. The van der Waals surface area contributed by atoms with Crippen LogP contribution in [0.25, 0.3) is 11.3 Å². The van der Waals surface area contributed by atoms with Gasteiger partial charge in [0, 0.05) is 37.4 Å². The van der Waals surface area contributed by atoms with Crippen LogP contribution in [0.4, 0.5) is 16.3 Å². The van der Waals surface area contributed by atoms with Gasteiger partial charge < -0.3 is 15.1 Å². The van der Waals surface area contributed by atoms with Crippen molar-refractivity contribution in [3.63, 3.8) is 0 Å². The molecule has 0 unspecified atom stereocenters. The minimum Gasteiger partial charge on any atom is -0.352 e. The van der Waals surface area contributed by atoms with E-state index in [1.807, 2.05) is 35.2 Å². The largest absolute Gasteiger partial charge is 0.352 e. The first-order chi connectivity index (χ1) is 14.9. The van der Waals surface area contributed by atoms with Crippen LogP contribution in [-0.4, -0.2) is 47.3 Å². The number of carbonyl (C=O) groups excluding carboxylic acids is 1. The lowest BCUT2D eigenvalue weighted by molar-refractivity contribution is 0.208. The summed E-state index contributed by atoms with van der Waals surface area (Å²) in [6.07, 6.45) is 0. The van der Waals surface area contributed by atoms with E-state index in [1.165, 1.54) is 22.3 Å². The molecular formula is C25H29N5O. The quantitative estimate of drug-likeness (QED) is 0.672. The molecule has 2 aromatic carbocycles. The summed E-state index contributed by atoms with van der Waals surface area (Å²) in [5.41, 5.74) is 7.66. The molecule has 1 saturated heterocycles. The molecular weight excluding hydrogens is 386 g/mol. The van der Waals surface area contributed by atoms with Crippen molar-refractivity contribution in [1.82, 2.24) is 15.1 Å². The number of anilines is 2. The molecule has 0 bridgehead atoms. The van der Waals surface area contributed by atoms with Crippen LogP contribution in [0.15, 0.2) is 48.5 Å². The lowest BCUT2D eigenvalue weighted by Crippen LogP contribution is -2.50. The van der Waals surface area contributed by atoms with Gasteiger partial charge in [-0.25, -0.2) is 4.79 Å². The van der Waals surface area contributed by atoms with Crippen LogP contribution in [0.5, 0.6) is 0 Å². The van der Waals surface area contributed by atoms with Crippen molar-refractivity contribution >= 4 is 17.5 Å². The lowest BCUT2D eigenvalue weighted by atomic mass is 10.0. The molecule has 1 aliphatic rings. The van der Waals surface area contributed by atoms with Crippen molar-refractivity contribution in [3.05, 3.63) is 70.8 Å². The van der Waals surface area contributed by atoms with E-state index >= 15 is 0 Å². The van der Waals surface area contributed by atoms with E-state index < -0.39 is 0 Å². The average molecular weight is 416 g/mol. The van der Waals surface area contributed by atoms with Gasteiger partial charge in [0.2, 0.25) is 0 Å². The monoisotopic (exact) mass is 415 g/mol. The van der Waals surface area contributed by atoms with Gasteiger partial charge in [-0.05, 0) is 68.7 Å². The highest BCUT2D eigenvalue weighted by Crippen LogP contribution is 2.23. The molecule has 1 N–H and O–H groups in total. The number of carbonyl (C=O) groups is 1. The Balaban J connectivity index is 1.36. The van der Waals surface area contributed by atoms with E-state index in [1.54, 1.807) is 0 Å². The standard InChI is InChI=1S/C25H29N5O/c1-17-5-8-22(20(4)15-17)23-9-10-24(28-27-23)29-11-13-30(14-12-29)25(31)26-21-7-6-18(2)19(3)16-21/h5-10,15-16H,11-14H2,1-4H3,(H,26,31). The van der Waals surface area contributed by atoms with Gasteiger partial charge in [-0.2, -0.15) is 0 Å². The first kappa shape index (κ1) is 20.8. The summed E-state index contributed by atoms with van der Waals surface area (Å²) in [6, 6.07) is 16.3. The predicted octanol–water partition coefficient (Wildman–Crippen LogP) is 4.73. The van der Waals surface area contributed by atoms with Gasteiger partial charge in [0.15, 0.2) is 5.82 Å². The van der Waals surface area contributed by atoms with Gasteiger partial charge in [-0.3, -0.25) is 0 Å². The smallest absolute Gasteiger partial charge is 0.321 e. The molecule has 2 heterocycles. The molecule has 0 aliphatic carbocycles. The molecule has 4 rings (SSSR count). The molecule has 0 atom stereocenters. The van der Waals surface area contributed by atoms with Gasteiger partial charge in [-0.1, -0.05) is 29.8 Å². The molecule has 2 amide bonds. The van der Waals surface area contributed by atoms with Crippen LogP contribution in [0.3, 0.4) is 0 Å². The highest BCUT2D eigenvalue weighted by Gasteiger charge is 2.22. The summed E-state index contributed by atoms with van der Waals surface area (Å²) in [6.45, 7) is 11.1. The first-order valence-electron chi connectivity index (χ1n) is 10.7. The Morgan fingerprint density at radius 2 is 1.58 bits per heavy atom. The minimum atomic E-state index is -0.0563. The Morgan fingerprint density at radius 3 is 2.23 bits per heavy atom. The van der Waals surface area contributed by atoms with Gasteiger partial charge >= 0.3 is 6.03 Å². The van der Waals surface area contributed by atoms with Crippen LogP contribution in [-0.2, 0) is 0 Å². The van der Waals surface area contributed by atoms with Crippen molar-refractivity contribution in [2.45, 2.75) is 27.7 Å². The second kappa shape index (κ2) is 8.76. The summed E-state index contributed by atoms with van der Waals surface area (Å²) in [5, 5.41) is 11.9. The fraction of sp³-hybridized carbons (Fsp3) is 0.320. The number of nitrogens with zero attached hydrogens (tertiary/aromatic N) is 4. The van der Waals surface area contributed by atoms with Crippen molar-refractivity contribution in [3.8, 4) is 11.3 Å². The van der Waals surface area contributed by atoms with Gasteiger partial charge in [0.1, 0.15) is 0 Å². The summed E-state index contributed by atoms with van der Waals surface area (Å²) in [5.74, 6) is 0.850. The van der Waals surface area contributed by atoms with Crippen LogP contribution in [0, 0.1) is 27.7 Å². The Bertz CT molecular complexity index is 1090. The number of benzene rings is 2. The highest BCUT2D eigenvalue weighted by molar-refractivity contribution is 5.89. The molecule has 0 spiro atoms. The molecule has 0 saturated carbocycles. The maximum atomic E-state index is 12.6. The van der Waals surface area contributed by atoms with Gasteiger partial charge in [0.25, 0.3) is 0 Å². The first-order valence-corrected chi connectivity index (χ1v) is 10.7. The molecule has 3 aromatic rings. The number of amides is 2. The topological polar surface area (TPSA) is 61.4 Å². The SMILES string of the molecule is Cc1ccc(-c2ccc(N3CCN(C(=O)Nc4ccc(C)c(C)c4)CC3)nn2)c(C)c1. The van der Waals surface area contributed by atoms with Crippen molar-refractivity contribution in [2.75, 3.05) is 36.4 Å². The summed E-state index contributed by atoms with van der Waals surface area (Å²) in [7, 11) is 0. The van der Waals surface area contributed by atoms with Crippen LogP contribution in [0.1, 0.15) is 22.3 Å². The van der Waals surface area contributed by atoms with Gasteiger partial charge in [0.05, 0.1) is 5.69 Å². The molecule has 160 valence electrons. The Morgan fingerprint density at radius 1 is 0.806 bits per heavy atom. The van der Waals surface area contributed by atoms with E-state index in [-0.39, 0.29) is 6.03 Å². The summed E-state index contributed by atoms with van der Waals surface area (Å²) < 4.78 is 0. The zero-order chi connectivity index (χ0) is 22.0. The second-order valence-electron chi connectivity index (χ2n) is 8.30. The maximum Gasteiger partial charge on any atom is 0.321 e. The van der Waals surface area contributed by atoms with Crippen molar-refractivity contribution < 1.29 is 4.79 Å². The zero-order valence-electron chi connectivity index (χ0n) is 18.6. The van der Waals surface area contributed by atoms with E-state index in [9.17, 15) is 4.79 Å². The molecule has 31 heavy (non-hydrogen) atoms. The number of piperazine rings is 1. The average Bonchev–Trinajstić information content (AvgIpc) is 2.77. The number of aryl methyl sites for hydroxylation is 4. The van der Waals surface area contributed by atoms with E-state index in [4.69, 9.17) is 0 Å². The number of hydrogen-bond acceptors (Lipinski definition) is 4. The molecule has 6 heteroatoms. The third-order valence-corrected chi connectivity index (χ3v) is 5.96. The number of nitrogens with one attached hydrogen (secondary N) is 1. The number of aromatic nitrogens is 2. The Hall–Kier alpha value is -3.41. The van der Waals surface area contributed by atoms with E-state index in [0.29, 0.717) is 13.1 Å². The molecule has 1 aromatic heterocycles. The second-order valence-corrected chi connectivity index (χ2v) is 8.30. The van der Waals surface area contributed by atoms with E-state index in [2.05, 4.69) is 66.3 Å². The van der Waals surface area contributed by atoms with Crippen molar-refractivity contribution in [1.29, 1.82) is 0 Å². The summed E-state index contributed by atoms with van der Waals surface area (Å²) in [4.78, 5) is 16.7. The fourth-order valence-corrected chi connectivity index (χ4v) is 3.90. The molecule has 6 nitrogen and oxygen atoms in total. The lowest BCUT2D eigenvalue weighted by Gasteiger charge is -2.35. The van der Waals surface area contributed by atoms with Crippen molar-refractivity contribution in [2.24, 2.45) is 0 Å². The summed E-state index contributed by atoms with van der Waals surface area (Å²) >= 11 is 0. The minimum absolute atomic E-state index is 0.0563. The van der Waals surface area contributed by atoms with Gasteiger partial charge in [-0.15, -0.1) is 10.2 Å². The van der Waals surface area contributed by atoms with E-state index in [0.717, 1.165) is 35.9 Å². The van der Waals surface area contributed by atoms with Crippen LogP contribution in [0.2, 0.25) is 0 Å². The Labute approximate surface area is 183 Å². The van der Waals surface area contributed by atoms with Crippen LogP contribution >= 0.6 is 0 Å². The predicted molar refractivity (Wildman–Crippen MR) is 126 cm³/mol. The molecule has 1 fully saturated rings. The molecule has 1 aliphatic heterocycles.